The fourth-order valence-electron chi connectivity index (χ4n) is 2.15. The average molecular weight is 364 g/mol. The van der Waals surface area contributed by atoms with Gasteiger partial charge in [0.2, 0.25) is 0 Å². The van der Waals surface area contributed by atoms with E-state index in [0.29, 0.717) is 24.1 Å². The molecule has 116 valence electrons. The average Bonchev–Trinajstić information content (AvgIpc) is 2.48. The molecule has 1 aliphatic heterocycles. The second kappa shape index (κ2) is 7.17. The van der Waals surface area contributed by atoms with Gasteiger partial charge in [-0.15, -0.1) is 0 Å². The second-order valence-corrected chi connectivity index (χ2v) is 5.44. The normalized spacial score (nSPS) is 17.5. The number of carbonyl (C=O) groups excluding carboxylic acids is 1. The third kappa shape index (κ3) is 4.38. The highest BCUT2D eigenvalue weighted by Crippen LogP contribution is 2.24. The molecule has 1 aromatic rings. The van der Waals surface area contributed by atoms with Crippen LogP contribution < -0.4 is 10.1 Å². The molecule has 1 saturated heterocycles. The Labute approximate surface area is 129 Å². The van der Waals surface area contributed by atoms with Gasteiger partial charge in [0.05, 0.1) is 5.54 Å². The van der Waals surface area contributed by atoms with E-state index in [9.17, 15) is 13.6 Å². The fourth-order valence-corrected chi connectivity index (χ4v) is 2.86. The van der Waals surface area contributed by atoms with Gasteiger partial charge < -0.3 is 14.8 Å². The highest BCUT2D eigenvalue weighted by molar-refractivity contribution is 9.09. The van der Waals surface area contributed by atoms with Crippen LogP contribution in [0.5, 0.6) is 5.75 Å². The Balaban J connectivity index is 2.02. The van der Waals surface area contributed by atoms with Gasteiger partial charge in [-0.3, -0.25) is 4.79 Å². The lowest BCUT2D eigenvalue weighted by atomic mass is 9.92. The number of ether oxygens (including phenoxy) is 2. The van der Waals surface area contributed by atoms with E-state index in [1.807, 2.05) is 0 Å². The Morgan fingerprint density at radius 3 is 2.48 bits per heavy atom. The number of benzene rings is 1. The minimum absolute atomic E-state index is 0.0304. The van der Waals surface area contributed by atoms with Crippen LogP contribution in [0.1, 0.15) is 23.2 Å². The predicted octanol–water partition coefficient (Wildman–Crippen LogP) is 2.96. The molecule has 1 heterocycles. The molecule has 0 saturated carbocycles. The van der Waals surface area contributed by atoms with E-state index in [1.165, 1.54) is 24.3 Å². The van der Waals surface area contributed by atoms with Gasteiger partial charge in [-0.25, -0.2) is 0 Å². The van der Waals surface area contributed by atoms with Crippen LogP contribution in [0.2, 0.25) is 0 Å². The number of carbonyl (C=O) groups is 1. The molecule has 0 spiro atoms. The zero-order chi connectivity index (χ0) is 15.3. The summed E-state index contributed by atoms with van der Waals surface area (Å²) < 4.78 is 33.7. The summed E-state index contributed by atoms with van der Waals surface area (Å²) >= 11 is 3.43. The molecule has 1 aromatic carbocycles. The maximum absolute atomic E-state index is 12.2. The summed E-state index contributed by atoms with van der Waals surface area (Å²) in [4.78, 5) is 12.2. The number of alkyl halides is 3. The van der Waals surface area contributed by atoms with E-state index in [1.54, 1.807) is 0 Å². The lowest BCUT2D eigenvalue weighted by molar-refractivity contribution is -0.0498. The third-order valence-corrected chi connectivity index (χ3v) is 4.50. The molecule has 21 heavy (non-hydrogen) atoms. The molecule has 1 amide bonds. The quantitative estimate of drug-likeness (QED) is 0.818. The van der Waals surface area contributed by atoms with E-state index in [0.717, 1.165) is 12.8 Å². The van der Waals surface area contributed by atoms with Gasteiger partial charge >= 0.3 is 6.61 Å². The number of nitrogens with one attached hydrogen (secondary N) is 1. The van der Waals surface area contributed by atoms with Gasteiger partial charge in [0.1, 0.15) is 5.75 Å². The molecule has 1 N–H and O–H groups in total. The summed E-state index contributed by atoms with van der Waals surface area (Å²) in [5, 5.41) is 3.64. The molecule has 0 aliphatic carbocycles. The van der Waals surface area contributed by atoms with Crippen LogP contribution in [-0.2, 0) is 4.74 Å². The lowest BCUT2D eigenvalue weighted by Gasteiger charge is -2.36. The maximum atomic E-state index is 12.2. The van der Waals surface area contributed by atoms with Crippen molar-refractivity contribution in [2.75, 3.05) is 18.5 Å². The first-order chi connectivity index (χ1) is 10.0. The summed E-state index contributed by atoms with van der Waals surface area (Å²) in [6.45, 7) is -1.66. The monoisotopic (exact) mass is 363 g/mol. The van der Waals surface area contributed by atoms with Gasteiger partial charge in [-0.05, 0) is 37.1 Å². The van der Waals surface area contributed by atoms with Gasteiger partial charge in [-0.1, -0.05) is 15.9 Å². The van der Waals surface area contributed by atoms with Crippen molar-refractivity contribution in [1.29, 1.82) is 0 Å². The molecule has 0 unspecified atom stereocenters. The number of halogens is 3. The molecule has 1 fully saturated rings. The Morgan fingerprint density at radius 2 is 1.95 bits per heavy atom. The molecule has 0 atom stereocenters. The molecule has 0 bridgehead atoms. The van der Waals surface area contributed by atoms with Crippen molar-refractivity contribution in [3.05, 3.63) is 29.8 Å². The Morgan fingerprint density at radius 1 is 1.33 bits per heavy atom. The van der Waals surface area contributed by atoms with Crippen molar-refractivity contribution in [1.82, 2.24) is 5.32 Å². The van der Waals surface area contributed by atoms with E-state index in [-0.39, 0.29) is 17.2 Å². The molecule has 1 aliphatic rings. The molecule has 0 radical (unpaired) electrons. The van der Waals surface area contributed by atoms with Crippen molar-refractivity contribution in [2.24, 2.45) is 0 Å². The van der Waals surface area contributed by atoms with Crippen LogP contribution in [0.3, 0.4) is 0 Å². The van der Waals surface area contributed by atoms with E-state index < -0.39 is 6.61 Å². The molecule has 7 heteroatoms. The van der Waals surface area contributed by atoms with E-state index in [4.69, 9.17) is 4.74 Å². The Kier molecular flexibility index (Phi) is 5.52. The molecular weight excluding hydrogens is 348 g/mol. The minimum atomic E-state index is -2.87. The van der Waals surface area contributed by atoms with Gasteiger partial charge in [0, 0.05) is 24.1 Å². The van der Waals surface area contributed by atoms with E-state index in [2.05, 4.69) is 26.0 Å². The summed E-state index contributed by atoms with van der Waals surface area (Å²) in [6.07, 6.45) is 1.47. The van der Waals surface area contributed by atoms with Gasteiger partial charge in [-0.2, -0.15) is 8.78 Å². The predicted molar refractivity (Wildman–Crippen MR) is 77.1 cm³/mol. The lowest BCUT2D eigenvalue weighted by Crippen LogP contribution is -2.53. The number of hydrogen-bond acceptors (Lipinski definition) is 3. The smallest absolute Gasteiger partial charge is 0.387 e. The Hall–Kier alpha value is -1.21. The van der Waals surface area contributed by atoms with Crippen molar-refractivity contribution in [2.45, 2.75) is 25.0 Å². The first-order valence-corrected chi connectivity index (χ1v) is 7.68. The number of rotatable bonds is 5. The van der Waals surface area contributed by atoms with Crippen molar-refractivity contribution in [3.8, 4) is 5.75 Å². The molecule has 2 rings (SSSR count). The maximum Gasteiger partial charge on any atom is 0.387 e. The van der Waals surface area contributed by atoms with Crippen molar-refractivity contribution < 1.29 is 23.0 Å². The van der Waals surface area contributed by atoms with Gasteiger partial charge in [0.15, 0.2) is 0 Å². The summed E-state index contributed by atoms with van der Waals surface area (Å²) in [5.41, 5.74) is 0.0800. The number of hydrogen-bond donors (Lipinski definition) is 1. The van der Waals surface area contributed by atoms with Crippen LogP contribution in [0, 0.1) is 0 Å². The summed E-state index contributed by atoms with van der Waals surface area (Å²) in [5.74, 6) is -0.206. The molecular formula is C14H16BrF2NO3. The largest absolute Gasteiger partial charge is 0.435 e. The second-order valence-electron chi connectivity index (χ2n) is 4.88. The SMILES string of the molecule is O=C(NC1(CBr)CCOCC1)c1ccc(OC(F)F)cc1. The van der Waals surface area contributed by atoms with E-state index >= 15 is 0 Å². The van der Waals surface area contributed by atoms with Crippen LogP contribution >= 0.6 is 15.9 Å². The highest BCUT2D eigenvalue weighted by Gasteiger charge is 2.33. The minimum Gasteiger partial charge on any atom is -0.435 e. The van der Waals surface area contributed by atoms with Crippen molar-refractivity contribution >= 4 is 21.8 Å². The Bertz CT molecular complexity index is 476. The standard InChI is InChI=1S/C14H16BrF2NO3/c15-9-14(5-7-20-8-6-14)18-12(19)10-1-3-11(4-2-10)21-13(16)17/h1-4,13H,5-9H2,(H,18,19). The highest BCUT2D eigenvalue weighted by atomic mass is 79.9. The topological polar surface area (TPSA) is 47.6 Å². The molecule has 0 aromatic heterocycles. The van der Waals surface area contributed by atoms with Crippen molar-refractivity contribution in [3.63, 3.8) is 0 Å². The zero-order valence-electron chi connectivity index (χ0n) is 11.3. The fraction of sp³-hybridized carbons (Fsp3) is 0.500. The first kappa shape index (κ1) is 16.2. The summed E-state index contributed by atoms with van der Waals surface area (Å²) in [7, 11) is 0. The number of amides is 1. The zero-order valence-corrected chi connectivity index (χ0v) is 12.9. The first-order valence-electron chi connectivity index (χ1n) is 6.56. The molecule has 4 nitrogen and oxygen atoms in total. The van der Waals surface area contributed by atoms with Crippen LogP contribution in [0.25, 0.3) is 0 Å². The third-order valence-electron chi connectivity index (χ3n) is 3.43. The van der Waals surface area contributed by atoms with Crippen LogP contribution in [-0.4, -0.2) is 36.6 Å². The van der Waals surface area contributed by atoms with Gasteiger partial charge in [0.25, 0.3) is 5.91 Å². The summed E-state index contributed by atoms with van der Waals surface area (Å²) in [6, 6.07) is 5.64. The van der Waals surface area contributed by atoms with Crippen LogP contribution in [0.15, 0.2) is 24.3 Å². The van der Waals surface area contributed by atoms with Crippen LogP contribution in [0.4, 0.5) is 8.78 Å².